The van der Waals surface area contributed by atoms with Gasteiger partial charge in [0.05, 0.1) is 5.69 Å². The smallest absolute Gasteiger partial charge is 0.114 e. The van der Waals surface area contributed by atoms with E-state index in [1.807, 2.05) is 17.9 Å². The van der Waals surface area contributed by atoms with E-state index in [0.717, 1.165) is 12.1 Å². The molecular weight excluding hydrogens is 138 g/mol. The van der Waals surface area contributed by atoms with Gasteiger partial charge in [0.1, 0.15) is 6.33 Å². The summed E-state index contributed by atoms with van der Waals surface area (Å²) in [4.78, 5) is 4.26. The van der Waals surface area contributed by atoms with Crippen molar-refractivity contribution >= 4 is 0 Å². The molecule has 1 unspecified atom stereocenters. The van der Waals surface area contributed by atoms with Gasteiger partial charge in [0.25, 0.3) is 0 Å². The maximum Gasteiger partial charge on any atom is 0.114 e. The monoisotopic (exact) mass is 153 g/mol. The van der Waals surface area contributed by atoms with E-state index in [9.17, 15) is 0 Å². The molecule has 1 atom stereocenters. The lowest BCUT2D eigenvalue weighted by Gasteiger charge is -2.02. The van der Waals surface area contributed by atoms with Gasteiger partial charge in [0.2, 0.25) is 0 Å². The fourth-order valence-electron chi connectivity index (χ4n) is 0.924. The first-order valence-corrected chi connectivity index (χ1v) is 3.99. The van der Waals surface area contributed by atoms with E-state index in [1.54, 1.807) is 6.33 Å². The number of nitrogens with one attached hydrogen (secondary N) is 1. The van der Waals surface area contributed by atoms with Crippen LogP contribution in [0.25, 0.3) is 0 Å². The number of rotatable bonds is 3. The highest BCUT2D eigenvalue weighted by Crippen LogP contribution is 2.14. The molecule has 0 amide bonds. The van der Waals surface area contributed by atoms with Crippen molar-refractivity contribution < 1.29 is 0 Å². The summed E-state index contributed by atoms with van der Waals surface area (Å²) < 4.78 is 1.86. The minimum Gasteiger partial charge on any atom is -0.328 e. The number of hydrogen-bond donors (Lipinski definition) is 1. The molecule has 0 aliphatic heterocycles. The molecule has 3 nitrogen and oxygen atoms in total. The molecule has 0 fully saturated rings. The maximum atomic E-state index is 4.26. The lowest BCUT2D eigenvalue weighted by Crippen LogP contribution is -2.04. The van der Waals surface area contributed by atoms with E-state index in [4.69, 9.17) is 0 Å². The second-order valence-corrected chi connectivity index (χ2v) is 2.74. The Morgan fingerprint density at radius 1 is 1.73 bits per heavy atom. The molecule has 0 radical (unpaired) electrons. The second-order valence-electron chi connectivity index (χ2n) is 2.74. The highest BCUT2D eigenvalue weighted by molar-refractivity contribution is 5.03. The Kier molecular flexibility index (Phi) is 2.52. The number of aromatic nitrogens is 2. The van der Waals surface area contributed by atoms with Crippen LogP contribution >= 0.6 is 0 Å². The molecule has 0 aromatic carbocycles. The molecule has 0 spiro atoms. The van der Waals surface area contributed by atoms with E-state index in [-0.39, 0.29) is 0 Å². The first-order chi connectivity index (χ1) is 5.27. The third-order valence-electron chi connectivity index (χ3n) is 1.98. The van der Waals surface area contributed by atoms with E-state index >= 15 is 0 Å². The van der Waals surface area contributed by atoms with Crippen LogP contribution in [-0.4, -0.2) is 16.7 Å². The zero-order valence-electron chi connectivity index (χ0n) is 7.33. The molecule has 1 rings (SSSR count). The van der Waals surface area contributed by atoms with Crippen molar-refractivity contribution in [2.75, 3.05) is 12.5 Å². The van der Waals surface area contributed by atoms with Crippen molar-refractivity contribution in [3.63, 3.8) is 0 Å². The highest BCUT2D eigenvalue weighted by Gasteiger charge is 2.04. The van der Waals surface area contributed by atoms with Crippen LogP contribution in [0.5, 0.6) is 0 Å². The summed E-state index contributed by atoms with van der Waals surface area (Å²) in [5.41, 5.74) is 4.13. The van der Waals surface area contributed by atoms with Crippen LogP contribution in [0.3, 0.4) is 0 Å². The minimum absolute atomic E-state index is 0.560. The largest absolute Gasteiger partial charge is 0.328 e. The molecule has 62 valence electrons. The van der Waals surface area contributed by atoms with Crippen LogP contribution in [0.2, 0.25) is 0 Å². The van der Waals surface area contributed by atoms with Crippen molar-refractivity contribution in [3.05, 3.63) is 18.2 Å². The van der Waals surface area contributed by atoms with E-state index in [2.05, 4.69) is 24.3 Å². The third-order valence-corrected chi connectivity index (χ3v) is 1.98. The summed E-state index contributed by atoms with van der Waals surface area (Å²) in [6, 6.07) is 0. The van der Waals surface area contributed by atoms with Gasteiger partial charge in [-0.15, -0.1) is 0 Å². The molecule has 0 aliphatic rings. The SMILES string of the molecule is CCC(C)c1cn(NC)cn1. The van der Waals surface area contributed by atoms with Gasteiger partial charge in [0.15, 0.2) is 0 Å². The quantitative estimate of drug-likeness (QED) is 0.714. The van der Waals surface area contributed by atoms with Crippen LogP contribution in [0.1, 0.15) is 31.9 Å². The zero-order chi connectivity index (χ0) is 8.27. The molecule has 3 heteroatoms. The van der Waals surface area contributed by atoms with Crippen molar-refractivity contribution in [1.82, 2.24) is 9.66 Å². The van der Waals surface area contributed by atoms with Crippen LogP contribution < -0.4 is 5.43 Å². The van der Waals surface area contributed by atoms with Crippen molar-refractivity contribution in [2.24, 2.45) is 0 Å². The predicted molar refractivity (Wildman–Crippen MR) is 46.2 cm³/mol. The van der Waals surface area contributed by atoms with Gasteiger partial charge in [-0.3, -0.25) is 4.68 Å². The van der Waals surface area contributed by atoms with Gasteiger partial charge < -0.3 is 5.43 Å². The van der Waals surface area contributed by atoms with Crippen molar-refractivity contribution in [2.45, 2.75) is 26.2 Å². The van der Waals surface area contributed by atoms with Crippen LogP contribution in [0.4, 0.5) is 0 Å². The molecule has 0 aliphatic carbocycles. The average molecular weight is 153 g/mol. The number of hydrogen-bond acceptors (Lipinski definition) is 2. The lowest BCUT2D eigenvalue weighted by atomic mass is 10.1. The molecule has 1 aromatic rings. The second kappa shape index (κ2) is 3.42. The standard InChI is InChI=1S/C8H15N3/c1-4-7(2)8-5-11(9-3)6-10-8/h5-7,9H,4H2,1-3H3. The first kappa shape index (κ1) is 8.11. The van der Waals surface area contributed by atoms with Crippen LogP contribution in [0, 0.1) is 0 Å². The summed E-state index contributed by atoms with van der Waals surface area (Å²) in [5, 5.41) is 0. The molecular formula is C8H15N3. The number of imidazole rings is 1. The highest BCUT2D eigenvalue weighted by atomic mass is 15.4. The predicted octanol–water partition coefficient (Wildman–Crippen LogP) is 1.57. The Labute approximate surface area is 67.4 Å². The van der Waals surface area contributed by atoms with Crippen molar-refractivity contribution in [3.8, 4) is 0 Å². The Morgan fingerprint density at radius 3 is 2.91 bits per heavy atom. The average Bonchev–Trinajstić information content (AvgIpc) is 2.50. The Hall–Kier alpha value is -0.990. The molecule has 0 saturated carbocycles. The Balaban J connectivity index is 2.71. The lowest BCUT2D eigenvalue weighted by molar-refractivity contribution is 0.712. The van der Waals surface area contributed by atoms with Gasteiger partial charge >= 0.3 is 0 Å². The Morgan fingerprint density at radius 2 is 2.45 bits per heavy atom. The summed E-state index contributed by atoms with van der Waals surface area (Å²) in [6.45, 7) is 4.35. The topological polar surface area (TPSA) is 29.9 Å². The maximum absolute atomic E-state index is 4.26. The summed E-state index contributed by atoms with van der Waals surface area (Å²) in [5.74, 6) is 0.560. The van der Waals surface area contributed by atoms with Gasteiger partial charge in [-0.05, 0) is 12.3 Å². The van der Waals surface area contributed by atoms with Crippen LogP contribution in [-0.2, 0) is 0 Å². The van der Waals surface area contributed by atoms with Gasteiger partial charge in [-0.1, -0.05) is 13.8 Å². The van der Waals surface area contributed by atoms with E-state index in [0.29, 0.717) is 5.92 Å². The van der Waals surface area contributed by atoms with E-state index in [1.165, 1.54) is 0 Å². The fourth-order valence-corrected chi connectivity index (χ4v) is 0.924. The Bertz CT molecular complexity index is 217. The molecule has 1 N–H and O–H groups in total. The molecule has 0 bridgehead atoms. The normalized spacial score (nSPS) is 13.0. The molecule has 1 heterocycles. The van der Waals surface area contributed by atoms with Crippen molar-refractivity contribution in [1.29, 1.82) is 0 Å². The molecule has 0 saturated heterocycles. The summed E-state index contributed by atoms with van der Waals surface area (Å²) >= 11 is 0. The zero-order valence-corrected chi connectivity index (χ0v) is 7.33. The van der Waals surface area contributed by atoms with Gasteiger partial charge in [-0.25, -0.2) is 4.98 Å². The van der Waals surface area contributed by atoms with E-state index < -0.39 is 0 Å². The minimum atomic E-state index is 0.560. The van der Waals surface area contributed by atoms with Crippen LogP contribution in [0.15, 0.2) is 12.5 Å². The molecule has 11 heavy (non-hydrogen) atoms. The molecule has 1 aromatic heterocycles. The van der Waals surface area contributed by atoms with Gasteiger partial charge in [0, 0.05) is 13.2 Å². The summed E-state index contributed by atoms with van der Waals surface area (Å²) in [6.07, 6.45) is 4.95. The van der Waals surface area contributed by atoms with Gasteiger partial charge in [-0.2, -0.15) is 0 Å². The third kappa shape index (κ3) is 1.73. The first-order valence-electron chi connectivity index (χ1n) is 3.99. The fraction of sp³-hybridized carbons (Fsp3) is 0.625. The summed E-state index contributed by atoms with van der Waals surface area (Å²) in [7, 11) is 1.88. The number of nitrogens with zero attached hydrogens (tertiary/aromatic N) is 2.